The Bertz CT molecular complexity index is 648. The van der Waals surface area contributed by atoms with Gasteiger partial charge in [-0.2, -0.15) is 0 Å². The van der Waals surface area contributed by atoms with Crippen molar-refractivity contribution in [1.82, 2.24) is 4.98 Å². The van der Waals surface area contributed by atoms with Crippen molar-refractivity contribution in [3.63, 3.8) is 0 Å². The van der Waals surface area contributed by atoms with E-state index in [-0.39, 0.29) is 0 Å². The molecule has 0 aliphatic rings. The van der Waals surface area contributed by atoms with E-state index in [4.69, 9.17) is 4.42 Å². The van der Waals surface area contributed by atoms with E-state index in [9.17, 15) is 14.7 Å². The molecular formula is C12H14N2O4. The quantitative estimate of drug-likeness (QED) is 0.827. The largest absolute Gasteiger partial charge is 0.417 e. The van der Waals surface area contributed by atoms with Gasteiger partial charge in [0.25, 0.3) is 5.91 Å². The van der Waals surface area contributed by atoms with Gasteiger partial charge in [-0.25, -0.2) is 4.79 Å². The fourth-order valence-electron chi connectivity index (χ4n) is 1.67. The smallest absolute Gasteiger partial charge is 0.408 e. The average molecular weight is 250 g/mol. The monoisotopic (exact) mass is 250 g/mol. The van der Waals surface area contributed by atoms with Crippen molar-refractivity contribution >= 4 is 22.7 Å². The normalized spacial score (nSPS) is 11.8. The van der Waals surface area contributed by atoms with Gasteiger partial charge in [0.15, 0.2) is 5.58 Å². The number of carbonyl (C=O) groups excluding carboxylic acids is 1. The number of anilines is 1. The number of likely N-dealkylation sites (N-methyl/N-ethyl adjacent to an activating group) is 1. The molecular weight excluding hydrogens is 236 g/mol. The Balaban J connectivity index is 2.42. The van der Waals surface area contributed by atoms with Crippen LogP contribution in [0.25, 0.3) is 11.1 Å². The number of hydrogen-bond acceptors (Lipinski definition) is 4. The molecule has 0 spiro atoms. The van der Waals surface area contributed by atoms with Crippen LogP contribution in [0.4, 0.5) is 5.69 Å². The number of nitrogens with zero attached hydrogens (tertiary/aromatic N) is 1. The number of H-pyrrole nitrogens is 1. The Morgan fingerprint density at radius 1 is 1.44 bits per heavy atom. The molecule has 0 fully saturated rings. The highest BCUT2D eigenvalue weighted by Crippen LogP contribution is 2.21. The molecule has 1 heterocycles. The summed E-state index contributed by atoms with van der Waals surface area (Å²) in [7, 11) is 1.55. The Labute approximate surface area is 103 Å². The van der Waals surface area contributed by atoms with E-state index in [0.29, 0.717) is 16.8 Å². The molecule has 2 rings (SSSR count). The molecule has 2 N–H and O–H groups in total. The number of rotatable bonds is 2. The van der Waals surface area contributed by atoms with Crippen molar-refractivity contribution < 1.29 is 14.3 Å². The highest BCUT2D eigenvalue weighted by molar-refractivity contribution is 5.99. The number of amides is 1. The molecule has 6 nitrogen and oxygen atoms in total. The summed E-state index contributed by atoms with van der Waals surface area (Å²) >= 11 is 0. The number of fused-ring (bicyclic) bond motifs is 1. The van der Waals surface area contributed by atoms with Crippen molar-refractivity contribution in [2.24, 2.45) is 0 Å². The molecule has 6 heteroatoms. The van der Waals surface area contributed by atoms with Crippen LogP contribution in [0.2, 0.25) is 0 Å². The lowest BCUT2D eigenvalue weighted by atomic mass is 10.1. The van der Waals surface area contributed by atoms with Crippen LogP contribution in [0.3, 0.4) is 0 Å². The van der Waals surface area contributed by atoms with E-state index in [1.54, 1.807) is 25.2 Å². The van der Waals surface area contributed by atoms with Crippen molar-refractivity contribution in [3.8, 4) is 0 Å². The lowest BCUT2D eigenvalue weighted by Crippen LogP contribution is -2.43. The topological polar surface area (TPSA) is 86.5 Å². The molecule has 96 valence electrons. The number of nitrogens with one attached hydrogen (secondary N) is 1. The van der Waals surface area contributed by atoms with Crippen LogP contribution in [-0.2, 0) is 4.79 Å². The van der Waals surface area contributed by atoms with Crippen molar-refractivity contribution in [1.29, 1.82) is 0 Å². The second-order valence-electron chi connectivity index (χ2n) is 4.62. The first kappa shape index (κ1) is 12.4. The van der Waals surface area contributed by atoms with Gasteiger partial charge in [-0.15, -0.1) is 0 Å². The fourth-order valence-corrected chi connectivity index (χ4v) is 1.67. The van der Waals surface area contributed by atoms with Crippen LogP contribution in [0.5, 0.6) is 0 Å². The minimum Gasteiger partial charge on any atom is -0.408 e. The molecule has 1 amide bonds. The maximum atomic E-state index is 11.9. The second-order valence-corrected chi connectivity index (χ2v) is 4.62. The summed E-state index contributed by atoms with van der Waals surface area (Å²) in [6.07, 6.45) is 0. The third kappa shape index (κ3) is 2.14. The third-order valence-electron chi connectivity index (χ3n) is 2.62. The first-order chi connectivity index (χ1) is 8.29. The number of benzene rings is 1. The van der Waals surface area contributed by atoms with Gasteiger partial charge in [-0.1, -0.05) is 0 Å². The molecule has 0 aliphatic carbocycles. The minimum absolute atomic E-state index is 0.368. The summed E-state index contributed by atoms with van der Waals surface area (Å²) in [5, 5.41) is 9.66. The van der Waals surface area contributed by atoms with Crippen LogP contribution in [0.1, 0.15) is 13.8 Å². The van der Waals surface area contributed by atoms with E-state index in [2.05, 4.69) is 4.98 Å². The van der Waals surface area contributed by atoms with Crippen LogP contribution in [-0.4, -0.2) is 28.6 Å². The van der Waals surface area contributed by atoms with E-state index >= 15 is 0 Å². The zero-order valence-electron chi connectivity index (χ0n) is 10.4. The number of carbonyl (C=O) groups is 1. The molecule has 0 aliphatic heterocycles. The predicted molar refractivity (Wildman–Crippen MR) is 66.5 cm³/mol. The highest BCUT2D eigenvalue weighted by Gasteiger charge is 2.28. The van der Waals surface area contributed by atoms with Crippen LogP contribution in [0, 0.1) is 0 Å². The van der Waals surface area contributed by atoms with Gasteiger partial charge in [0.05, 0.1) is 5.52 Å². The lowest BCUT2D eigenvalue weighted by Gasteiger charge is -2.24. The third-order valence-corrected chi connectivity index (χ3v) is 2.62. The lowest BCUT2D eigenvalue weighted by molar-refractivity contribution is -0.133. The Morgan fingerprint density at radius 2 is 2.11 bits per heavy atom. The highest BCUT2D eigenvalue weighted by atomic mass is 16.4. The SMILES string of the molecule is CN(C(=O)C(C)(C)O)c1ccc2[nH]c(=O)oc2c1. The number of aromatic nitrogens is 1. The number of oxazole rings is 1. The van der Waals surface area contributed by atoms with E-state index in [1.807, 2.05) is 0 Å². The summed E-state index contributed by atoms with van der Waals surface area (Å²) in [6, 6.07) is 4.87. The number of aliphatic hydroxyl groups is 1. The molecule has 0 saturated carbocycles. The van der Waals surface area contributed by atoms with E-state index in [1.165, 1.54) is 18.7 Å². The van der Waals surface area contributed by atoms with Gasteiger partial charge in [0.1, 0.15) is 5.60 Å². The van der Waals surface area contributed by atoms with Gasteiger partial charge in [0.2, 0.25) is 0 Å². The van der Waals surface area contributed by atoms with Crippen LogP contribution < -0.4 is 10.7 Å². The molecule has 1 aromatic carbocycles. The second kappa shape index (κ2) is 3.99. The fraction of sp³-hybridized carbons (Fsp3) is 0.333. The van der Waals surface area contributed by atoms with Crippen LogP contribution >= 0.6 is 0 Å². The van der Waals surface area contributed by atoms with E-state index < -0.39 is 17.3 Å². The van der Waals surface area contributed by atoms with Gasteiger partial charge in [-0.05, 0) is 26.0 Å². The molecule has 0 atom stereocenters. The maximum Gasteiger partial charge on any atom is 0.417 e. The molecule has 0 bridgehead atoms. The first-order valence-electron chi connectivity index (χ1n) is 5.42. The Hall–Kier alpha value is -2.08. The van der Waals surface area contributed by atoms with Crippen LogP contribution in [0.15, 0.2) is 27.4 Å². The van der Waals surface area contributed by atoms with E-state index in [0.717, 1.165) is 0 Å². The zero-order valence-corrected chi connectivity index (χ0v) is 10.4. The van der Waals surface area contributed by atoms with Gasteiger partial charge in [-0.3, -0.25) is 9.78 Å². The number of aromatic amines is 1. The molecule has 0 saturated heterocycles. The summed E-state index contributed by atoms with van der Waals surface area (Å²) < 4.78 is 4.91. The minimum atomic E-state index is -1.46. The summed E-state index contributed by atoms with van der Waals surface area (Å²) in [6.45, 7) is 2.83. The molecule has 0 unspecified atom stereocenters. The molecule has 0 radical (unpaired) electrons. The summed E-state index contributed by atoms with van der Waals surface area (Å²) in [5.41, 5.74) is 0.0148. The van der Waals surface area contributed by atoms with Gasteiger partial charge >= 0.3 is 5.76 Å². The van der Waals surface area contributed by atoms with Gasteiger partial charge in [0, 0.05) is 18.8 Å². The molecule has 2 aromatic rings. The average Bonchev–Trinajstić information content (AvgIpc) is 2.64. The predicted octanol–water partition coefficient (Wildman–Crippen LogP) is 0.855. The molecule has 18 heavy (non-hydrogen) atoms. The molecule has 1 aromatic heterocycles. The van der Waals surface area contributed by atoms with Gasteiger partial charge < -0.3 is 14.4 Å². The van der Waals surface area contributed by atoms with Crippen molar-refractivity contribution in [2.45, 2.75) is 19.4 Å². The zero-order chi connectivity index (χ0) is 13.5. The number of hydrogen-bond donors (Lipinski definition) is 2. The Kier molecular flexibility index (Phi) is 2.74. The maximum absolute atomic E-state index is 11.9. The summed E-state index contributed by atoms with van der Waals surface area (Å²) in [5.74, 6) is -0.988. The standard InChI is InChI=1S/C12H14N2O4/c1-12(2,17)10(15)14(3)7-4-5-8-9(6-7)18-11(16)13-8/h4-6,17H,1-3H3,(H,13,16). The van der Waals surface area contributed by atoms with Crippen molar-refractivity contribution in [3.05, 3.63) is 28.7 Å². The summed E-state index contributed by atoms with van der Waals surface area (Å²) in [4.78, 5) is 26.7. The Morgan fingerprint density at radius 3 is 2.72 bits per heavy atom. The first-order valence-corrected chi connectivity index (χ1v) is 5.42. The van der Waals surface area contributed by atoms with Crippen molar-refractivity contribution in [2.75, 3.05) is 11.9 Å².